The Bertz CT molecular complexity index is 952. The standard InChI is InChI=1S/C25H32FN5O/c26-20-9-7-19(8-10-20)17-23(32)31-16-11-22-21(18-31)24(29-12-3-1-4-13-29)28-25(27-22)30-14-5-2-6-15-30/h7-10H,1-6,11-18H2. The second-order valence-electron chi connectivity index (χ2n) is 9.24. The van der Waals surface area contributed by atoms with Crippen LogP contribution in [0.25, 0.3) is 0 Å². The molecule has 5 rings (SSSR count). The van der Waals surface area contributed by atoms with E-state index >= 15 is 0 Å². The molecule has 2 aromatic rings. The zero-order chi connectivity index (χ0) is 21.9. The van der Waals surface area contributed by atoms with Crippen molar-refractivity contribution in [3.8, 4) is 0 Å². The molecule has 4 heterocycles. The summed E-state index contributed by atoms with van der Waals surface area (Å²) in [6.45, 7) is 5.32. The first kappa shape index (κ1) is 21.2. The highest BCUT2D eigenvalue weighted by atomic mass is 19.1. The Morgan fingerprint density at radius 1 is 0.844 bits per heavy atom. The summed E-state index contributed by atoms with van der Waals surface area (Å²) in [6, 6.07) is 6.22. The molecular weight excluding hydrogens is 405 g/mol. The van der Waals surface area contributed by atoms with Crippen molar-refractivity contribution in [2.75, 3.05) is 42.5 Å². The van der Waals surface area contributed by atoms with E-state index in [4.69, 9.17) is 9.97 Å². The molecule has 170 valence electrons. The Morgan fingerprint density at radius 2 is 1.50 bits per heavy atom. The number of benzene rings is 1. The average Bonchev–Trinajstić information content (AvgIpc) is 2.85. The number of nitrogens with zero attached hydrogens (tertiary/aromatic N) is 5. The Kier molecular flexibility index (Phi) is 6.23. The van der Waals surface area contributed by atoms with Crippen molar-refractivity contribution in [1.82, 2.24) is 14.9 Å². The van der Waals surface area contributed by atoms with Crippen LogP contribution in [0, 0.1) is 5.82 Å². The molecule has 1 amide bonds. The molecule has 1 aromatic heterocycles. The molecule has 2 fully saturated rings. The smallest absolute Gasteiger partial charge is 0.227 e. The minimum atomic E-state index is -0.277. The molecule has 7 heteroatoms. The molecule has 0 spiro atoms. The van der Waals surface area contributed by atoms with Gasteiger partial charge in [0.2, 0.25) is 11.9 Å². The summed E-state index contributed by atoms with van der Waals surface area (Å²) in [4.78, 5) is 29.8. The van der Waals surface area contributed by atoms with Crippen molar-refractivity contribution in [3.63, 3.8) is 0 Å². The fourth-order valence-electron chi connectivity index (χ4n) is 5.09. The molecule has 0 bridgehead atoms. The maximum atomic E-state index is 13.2. The zero-order valence-electron chi connectivity index (χ0n) is 18.7. The van der Waals surface area contributed by atoms with Crippen LogP contribution in [-0.4, -0.2) is 53.5 Å². The molecule has 0 unspecified atom stereocenters. The number of carbonyl (C=O) groups excluding carboxylic acids is 1. The van der Waals surface area contributed by atoms with Crippen molar-refractivity contribution in [3.05, 3.63) is 46.9 Å². The molecule has 2 saturated heterocycles. The van der Waals surface area contributed by atoms with Crippen molar-refractivity contribution in [2.24, 2.45) is 0 Å². The molecule has 0 N–H and O–H groups in total. The third kappa shape index (κ3) is 4.57. The SMILES string of the molecule is O=C(Cc1ccc(F)cc1)N1CCc2nc(N3CCCCC3)nc(N3CCCCC3)c2C1. The van der Waals surface area contributed by atoms with Gasteiger partial charge < -0.3 is 14.7 Å². The van der Waals surface area contributed by atoms with Crippen molar-refractivity contribution >= 4 is 17.7 Å². The van der Waals surface area contributed by atoms with Crippen LogP contribution in [0.2, 0.25) is 0 Å². The molecule has 0 radical (unpaired) electrons. The predicted molar refractivity (Wildman–Crippen MR) is 123 cm³/mol. The first-order chi connectivity index (χ1) is 15.7. The molecule has 0 aliphatic carbocycles. The van der Waals surface area contributed by atoms with E-state index < -0.39 is 0 Å². The number of aromatic nitrogens is 2. The van der Waals surface area contributed by atoms with Gasteiger partial charge in [0.25, 0.3) is 0 Å². The van der Waals surface area contributed by atoms with Gasteiger partial charge in [-0.1, -0.05) is 12.1 Å². The van der Waals surface area contributed by atoms with Gasteiger partial charge >= 0.3 is 0 Å². The fraction of sp³-hybridized carbons (Fsp3) is 0.560. The van der Waals surface area contributed by atoms with Crippen molar-refractivity contribution in [2.45, 2.75) is 57.9 Å². The zero-order valence-corrected chi connectivity index (χ0v) is 18.7. The highest BCUT2D eigenvalue weighted by Crippen LogP contribution is 2.31. The number of rotatable bonds is 4. The van der Waals surface area contributed by atoms with E-state index in [-0.39, 0.29) is 11.7 Å². The second-order valence-corrected chi connectivity index (χ2v) is 9.24. The number of anilines is 2. The lowest BCUT2D eigenvalue weighted by Gasteiger charge is -2.36. The minimum absolute atomic E-state index is 0.0759. The van der Waals surface area contributed by atoms with Gasteiger partial charge in [-0.05, 0) is 56.2 Å². The first-order valence-electron chi connectivity index (χ1n) is 12.1. The summed E-state index contributed by atoms with van der Waals surface area (Å²) in [5.41, 5.74) is 3.06. The lowest BCUT2D eigenvalue weighted by atomic mass is 10.0. The summed E-state index contributed by atoms with van der Waals surface area (Å²) in [5, 5.41) is 0. The van der Waals surface area contributed by atoms with E-state index in [0.717, 1.165) is 61.2 Å². The largest absolute Gasteiger partial charge is 0.356 e. The molecule has 1 aromatic carbocycles. The van der Waals surface area contributed by atoms with Crippen LogP contribution in [0.4, 0.5) is 16.2 Å². The van der Waals surface area contributed by atoms with Gasteiger partial charge in [-0.3, -0.25) is 4.79 Å². The van der Waals surface area contributed by atoms with E-state index in [1.807, 2.05) is 4.90 Å². The maximum Gasteiger partial charge on any atom is 0.227 e. The Morgan fingerprint density at radius 3 is 2.19 bits per heavy atom. The van der Waals surface area contributed by atoms with Crippen molar-refractivity contribution < 1.29 is 9.18 Å². The number of halogens is 1. The normalized spacial score (nSPS) is 19.1. The summed E-state index contributed by atoms with van der Waals surface area (Å²) in [7, 11) is 0. The van der Waals surface area contributed by atoms with Gasteiger partial charge in [-0.2, -0.15) is 4.98 Å². The molecule has 32 heavy (non-hydrogen) atoms. The van der Waals surface area contributed by atoms with E-state index in [2.05, 4.69) is 9.80 Å². The molecule has 6 nitrogen and oxygen atoms in total. The summed E-state index contributed by atoms with van der Waals surface area (Å²) < 4.78 is 13.2. The monoisotopic (exact) mass is 437 g/mol. The molecule has 3 aliphatic heterocycles. The third-order valence-electron chi connectivity index (χ3n) is 6.94. The average molecular weight is 438 g/mol. The first-order valence-corrected chi connectivity index (χ1v) is 12.1. The maximum absolute atomic E-state index is 13.2. The number of carbonyl (C=O) groups is 1. The highest BCUT2D eigenvalue weighted by molar-refractivity contribution is 5.79. The number of amides is 1. The summed E-state index contributed by atoms with van der Waals surface area (Å²) in [6.07, 6.45) is 8.37. The quantitative estimate of drug-likeness (QED) is 0.730. The van der Waals surface area contributed by atoms with Crippen LogP contribution in [0.1, 0.15) is 55.3 Å². The van der Waals surface area contributed by atoms with Gasteiger partial charge in [0.1, 0.15) is 11.6 Å². The molecular formula is C25H32FN5O. The summed E-state index contributed by atoms with van der Waals surface area (Å²) in [5.74, 6) is 1.71. The Hall–Kier alpha value is -2.70. The minimum Gasteiger partial charge on any atom is -0.356 e. The number of piperidine rings is 2. The lowest BCUT2D eigenvalue weighted by molar-refractivity contribution is -0.131. The topological polar surface area (TPSA) is 52.6 Å². The molecule has 3 aliphatic rings. The van der Waals surface area contributed by atoms with Crippen LogP contribution < -0.4 is 9.80 Å². The van der Waals surface area contributed by atoms with Crippen LogP contribution >= 0.6 is 0 Å². The number of hydrogen-bond acceptors (Lipinski definition) is 5. The van der Waals surface area contributed by atoms with Crippen LogP contribution in [0.15, 0.2) is 24.3 Å². The van der Waals surface area contributed by atoms with Gasteiger partial charge in [0.05, 0.1) is 18.7 Å². The second kappa shape index (κ2) is 9.43. The van der Waals surface area contributed by atoms with Crippen molar-refractivity contribution in [1.29, 1.82) is 0 Å². The predicted octanol–water partition coefficient (Wildman–Crippen LogP) is 3.72. The molecule has 0 atom stereocenters. The van der Waals surface area contributed by atoms with E-state index in [1.54, 1.807) is 12.1 Å². The van der Waals surface area contributed by atoms with Crippen LogP contribution in [0.3, 0.4) is 0 Å². The van der Waals surface area contributed by atoms with Gasteiger partial charge in [0.15, 0.2) is 0 Å². The number of fused-ring (bicyclic) bond motifs is 1. The third-order valence-corrected chi connectivity index (χ3v) is 6.94. The van der Waals surface area contributed by atoms with Gasteiger partial charge in [0, 0.05) is 44.7 Å². The van der Waals surface area contributed by atoms with Gasteiger partial charge in [-0.25, -0.2) is 9.37 Å². The van der Waals surface area contributed by atoms with E-state index in [1.165, 1.54) is 50.7 Å². The van der Waals surface area contributed by atoms with E-state index in [9.17, 15) is 9.18 Å². The highest BCUT2D eigenvalue weighted by Gasteiger charge is 2.29. The lowest BCUT2D eigenvalue weighted by Crippen LogP contribution is -2.40. The fourth-order valence-corrected chi connectivity index (χ4v) is 5.09. The molecule has 0 saturated carbocycles. The van der Waals surface area contributed by atoms with E-state index in [0.29, 0.717) is 19.5 Å². The van der Waals surface area contributed by atoms with Crippen LogP contribution in [0.5, 0.6) is 0 Å². The summed E-state index contributed by atoms with van der Waals surface area (Å²) >= 11 is 0. The Balaban J connectivity index is 1.40. The van der Waals surface area contributed by atoms with Crippen LogP contribution in [-0.2, 0) is 24.2 Å². The van der Waals surface area contributed by atoms with Gasteiger partial charge in [-0.15, -0.1) is 0 Å². The Labute approximate surface area is 189 Å². The number of hydrogen-bond donors (Lipinski definition) is 0.